The van der Waals surface area contributed by atoms with E-state index < -0.39 is 0 Å². The fraction of sp³-hybridized carbons (Fsp3) is 0.385. The summed E-state index contributed by atoms with van der Waals surface area (Å²) in [4.78, 5) is 16.2. The molecule has 1 aromatic heterocycles. The Morgan fingerprint density at radius 3 is 3.05 bits per heavy atom. The number of hydrogen-bond donors (Lipinski definition) is 1. The van der Waals surface area contributed by atoms with Gasteiger partial charge in [-0.3, -0.25) is 10.1 Å². The molecule has 1 N–H and O–H groups in total. The fourth-order valence-electron chi connectivity index (χ4n) is 2.10. The molecule has 0 radical (unpaired) electrons. The predicted octanol–water partition coefficient (Wildman–Crippen LogP) is 2.22. The van der Waals surface area contributed by atoms with Crippen LogP contribution >= 0.6 is 23.1 Å². The van der Waals surface area contributed by atoms with Crippen LogP contribution in [0.1, 0.15) is 11.0 Å². The minimum Gasteiger partial charge on any atom is -0.468 e. The van der Waals surface area contributed by atoms with E-state index in [4.69, 9.17) is 4.74 Å². The SMILES string of the molecule is COC(=O)C1CSCC(c2nc3ccccc3s2)N1. The Bertz CT molecular complexity index is 566. The van der Waals surface area contributed by atoms with Crippen molar-refractivity contribution in [1.29, 1.82) is 0 Å². The number of nitrogens with one attached hydrogen (secondary N) is 1. The lowest BCUT2D eigenvalue weighted by molar-refractivity contribution is -0.142. The number of fused-ring (bicyclic) bond motifs is 1. The number of carbonyl (C=O) groups is 1. The van der Waals surface area contributed by atoms with Crippen molar-refractivity contribution in [1.82, 2.24) is 10.3 Å². The molecule has 0 aliphatic carbocycles. The molecule has 1 aromatic carbocycles. The van der Waals surface area contributed by atoms with Crippen LogP contribution in [0.4, 0.5) is 0 Å². The molecule has 1 fully saturated rings. The molecule has 1 aliphatic heterocycles. The molecule has 2 atom stereocenters. The Balaban J connectivity index is 1.83. The molecule has 2 heterocycles. The number of benzene rings is 1. The number of para-hydroxylation sites is 1. The molecule has 2 unspecified atom stereocenters. The highest BCUT2D eigenvalue weighted by Crippen LogP contribution is 2.31. The lowest BCUT2D eigenvalue weighted by atomic mass is 10.2. The first-order valence-corrected chi connectivity index (χ1v) is 8.02. The highest BCUT2D eigenvalue weighted by molar-refractivity contribution is 7.99. The van der Waals surface area contributed by atoms with Gasteiger partial charge in [-0.25, -0.2) is 4.98 Å². The molecule has 0 bridgehead atoms. The summed E-state index contributed by atoms with van der Waals surface area (Å²) in [5, 5.41) is 4.38. The summed E-state index contributed by atoms with van der Waals surface area (Å²) in [5.74, 6) is 1.50. The number of hydrogen-bond acceptors (Lipinski definition) is 6. The normalized spacial score (nSPS) is 23.4. The first-order valence-electron chi connectivity index (χ1n) is 6.05. The van der Waals surface area contributed by atoms with E-state index >= 15 is 0 Å². The van der Waals surface area contributed by atoms with Crippen molar-refractivity contribution in [3.05, 3.63) is 29.3 Å². The summed E-state index contributed by atoms with van der Waals surface area (Å²) >= 11 is 3.45. The molecule has 0 saturated carbocycles. The number of thiazole rings is 1. The smallest absolute Gasteiger partial charge is 0.323 e. The Labute approximate surface area is 119 Å². The van der Waals surface area contributed by atoms with Gasteiger partial charge in [-0.05, 0) is 12.1 Å². The van der Waals surface area contributed by atoms with Crippen LogP contribution in [-0.4, -0.2) is 35.6 Å². The van der Waals surface area contributed by atoms with Crippen LogP contribution in [0.3, 0.4) is 0 Å². The second kappa shape index (κ2) is 5.48. The summed E-state index contributed by atoms with van der Waals surface area (Å²) in [5.41, 5.74) is 1.02. The van der Waals surface area contributed by atoms with Crippen LogP contribution in [0.25, 0.3) is 10.2 Å². The maximum atomic E-state index is 11.6. The first kappa shape index (κ1) is 12.9. The number of nitrogens with zero attached hydrogens (tertiary/aromatic N) is 1. The first-order chi connectivity index (χ1) is 9.28. The number of carbonyl (C=O) groups excluding carboxylic acids is 1. The van der Waals surface area contributed by atoms with Gasteiger partial charge < -0.3 is 4.74 Å². The Morgan fingerprint density at radius 2 is 2.26 bits per heavy atom. The van der Waals surface area contributed by atoms with E-state index in [2.05, 4.69) is 16.4 Å². The maximum absolute atomic E-state index is 11.6. The molecule has 19 heavy (non-hydrogen) atoms. The summed E-state index contributed by atoms with van der Waals surface area (Å²) in [6.45, 7) is 0. The lowest BCUT2D eigenvalue weighted by Gasteiger charge is -2.27. The van der Waals surface area contributed by atoms with Gasteiger partial charge >= 0.3 is 5.97 Å². The molecule has 1 saturated heterocycles. The zero-order valence-corrected chi connectivity index (χ0v) is 12.1. The highest BCUT2D eigenvalue weighted by atomic mass is 32.2. The molecule has 4 nitrogen and oxygen atoms in total. The lowest BCUT2D eigenvalue weighted by Crippen LogP contribution is -2.45. The van der Waals surface area contributed by atoms with E-state index in [9.17, 15) is 4.79 Å². The molecule has 0 spiro atoms. The van der Waals surface area contributed by atoms with E-state index in [0.29, 0.717) is 0 Å². The van der Waals surface area contributed by atoms with Crippen LogP contribution in [0.2, 0.25) is 0 Å². The molecule has 2 aromatic rings. The van der Waals surface area contributed by atoms with E-state index in [0.717, 1.165) is 22.0 Å². The average Bonchev–Trinajstić information content (AvgIpc) is 2.90. The highest BCUT2D eigenvalue weighted by Gasteiger charge is 2.29. The number of rotatable bonds is 2. The van der Waals surface area contributed by atoms with Crippen molar-refractivity contribution in [2.24, 2.45) is 0 Å². The molecule has 1 aliphatic rings. The van der Waals surface area contributed by atoms with Crippen LogP contribution in [-0.2, 0) is 9.53 Å². The van der Waals surface area contributed by atoms with E-state index in [1.165, 1.54) is 11.8 Å². The van der Waals surface area contributed by atoms with Gasteiger partial charge in [0, 0.05) is 11.5 Å². The Morgan fingerprint density at radius 1 is 1.42 bits per heavy atom. The van der Waals surface area contributed by atoms with Gasteiger partial charge in [-0.15, -0.1) is 11.3 Å². The van der Waals surface area contributed by atoms with Crippen molar-refractivity contribution >= 4 is 39.3 Å². The summed E-state index contributed by atoms with van der Waals surface area (Å²) in [6, 6.07) is 7.99. The van der Waals surface area contributed by atoms with Crippen molar-refractivity contribution in [2.45, 2.75) is 12.1 Å². The van der Waals surface area contributed by atoms with Crippen LogP contribution in [0.15, 0.2) is 24.3 Å². The molecular formula is C13H14N2O2S2. The number of aromatic nitrogens is 1. The quantitative estimate of drug-likeness (QED) is 0.861. The Kier molecular flexibility index (Phi) is 3.72. The van der Waals surface area contributed by atoms with Crippen LogP contribution < -0.4 is 5.32 Å². The van der Waals surface area contributed by atoms with E-state index in [1.807, 2.05) is 18.2 Å². The minimum atomic E-state index is -0.235. The zero-order valence-electron chi connectivity index (χ0n) is 10.5. The Hall–Kier alpha value is -1.11. The molecule has 3 rings (SSSR count). The molecule has 0 amide bonds. The minimum absolute atomic E-state index is 0.125. The molecule has 6 heteroatoms. The van der Waals surface area contributed by atoms with Gasteiger partial charge in [-0.2, -0.15) is 11.8 Å². The van der Waals surface area contributed by atoms with Crippen molar-refractivity contribution in [2.75, 3.05) is 18.6 Å². The zero-order chi connectivity index (χ0) is 13.2. The van der Waals surface area contributed by atoms with Crippen molar-refractivity contribution in [3.8, 4) is 0 Å². The fourth-order valence-corrected chi connectivity index (χ4v) is 4.33. The van der Waals surface area contributed by atoms with Gasteiger partial charge in [0.2, 0.25) is 0 Å². The predicted molar refractivity (Wildman–Crippen MR) is 78.6 cm³/mol. The number of methoxy groups -OCH3 is 1. The topological polar surface area (TPSA) is 51.2 Å². The van der Waals surface area contributed by atoms with Gasteiger partial charge in [-0.1, -0.05) is 12.1 Å². The molecular weight excluding hydrogens is 280 g/mol. The number of esters is 1. The summed E-state index contributed by atoms with van der Waals surface area (Å²) < 4.78 is 5.99. The summed E-state index contributed by atoms with van der Waals surface area (Å²) in [7, 11) is 1.43. The molecule has 100 valence electrons. The standard InChI is InChI=1S/C13H14N2O2S2/c1-17-13(16)10-7-18-6-9(14-10)12-15-8-4-2-3-5-11(8)19-12/h2-5,9-10,14H,6-7H2,1H3. The van der Waals surface area contributed by atoms with Crippen molar-refractivity contribution in [3.63, 3.8) is 0 Å². The average molecular weight is 294 g/mol. The van der Waals surface area contributed by atoms with Crippen LogP contribution in [0.5, 0.6) is 0 Å². The third-order valence-corrected chi connectivity index (χ3v) is 5.35. The van der Waals surface area contributed by atoms with Gasteiger partial charge in [0.25, 0.3) is 0 Å². The second-order valence-corrected chi connectivity index (χ2v) is 6.49. The van der Waals surface area contributed by atoms with Crippen molar-refractivity contribution < 1.29 is 9.53 Å². The van der Waals surface area contributed by atoms with Crippen LogP contribution in [0, 0.1) is 0 Å². The summed E-state index contributed by atoms with van der Waals surface area (Å²) in [6.07, 6.45) is 0. The van der Waals surface area contributed by atoms with E-state index in [1.54, 1.807) is 23.1 Å². The van der Waals surface area contributed by atoms with Gasteiger partial charge in [0.1, 0.15) is 11.0 Å². The number of ether oxygens (including phenoxy) is 1. The largest absolute Gasteiger partial charge is 0.468 e. The van der Waals surface area contributed by atoms with Gasteiger partial charge in [0.15, 0.2) is 0 Å². The second-order valence-electron chi connectivity index (χ2n) is 4.35. The third-order valence-electron chi connectivity index (χ3n) is 3.07. The monoisotopic (exact) mass is 294 g/mol. The maximum Gasteiger partial charge on any atom is 0.323 e. The van der Waals surface area contributed by atoms with E-state index in [-0.39, 0.29) is 18.1 Å². The third kappa shape index (κ3) is 2.61. The van der Waals surface area contributed by atoms with Gasteiger partial charge in [0.05, 0.1) is 23.4 Å². The number of thioether (sulfide) groups is 1.